The van der Waals surface area contributed by atoms with Crippen molar-refractivity contribution in [1.29, 1.82) is 0 Å². The first kappa shape index (κ1) is 13.5. The van der Waals surface area contributed by atoms with E-state index in [9.17, 15) is 4.79 Å². The Balaban J connectivity index is 2.33. The van der Waals surface area contributed by atoms with Crippen molar-refractivity contribution in [2.45, 2.75) is 58.4 Å². The summed E-state index contributed by atoms with van der Waals surface area (Å²) in [5.74, 6) is 0.544. The van der Waals surface area contributed by atoms with Gasteiger partial charge in [0.15, 0.2) is 0 Å². The van der Waals surface area contributed by atoms with E-state index < -0.39 is 0 Å². The van der Waals surface area contributed by atoms with Gasteiger partial charge in [0.25, 0.3) is 0 Å². The Labute approximate surface area is 99.2 Å². The summed E-state index contributed by atoms with van der Waals surface area (Å²) in [5.41, 5.74) is 5.26. The molecule has 2 unspecified atom stereocenters. The Kier molecular flexibility index (Phi) is 5.81. The van der Waals surface area contributed by atoms with Gasteiger partial charge in [-0.15, -0.1) is 0 Å². The average molecular weight is 226 g/mol. The lowest BCUT2D eigenvalue weighted by atomic mass is 9.83. The average Bonchev–Trinajstić information content (AvgIpc) is 2.30. The summed E-state index contributed by atoms with van der Waals surface area (Å²) >= 11 is 0. The molecule has 94 valence electrons. The van der Waals surface area contributed by atoms with Crippen molar-refractivity contribution in [2.24, 2.45) is 17.6 Å². The van der Waals surface area contributed by atoms with E-state index in [1.807, 2.05) is 6.92 Å². The SMILES string of the molecule is CCC(NCC(C)C(N)=O)C1CCCCC1. The number of amides is 1. The molecule has 3 N–H and O–H groups in total. The molecule has 3 nitrogen and oxygen atoms in total. The fraction of sp³-hybridized carbons (Fsp3) is 0.923. The Morgan fingerprint density at radius 3 is 2.50 bits per heavy atom. The monoisotopic (exact) mass is 226 g/mol. The molecule has 0 heterocycles. The van der Waals surface area contributed by atoms with Crippen molar-refractivity contribution in [1.82, 2.24) is 5.32 Å². The van der Waals surface area contributed by atoms with E-state index >= 15 is 0 Å². The first-order valence-corrected chi connectivity index (χ1v) is 6.67. The van der Waals surface area contributed by atoms with Crippen LogP contribution in [0.5, 0.6) is 0 Å². The second kappa shape index (κ2) is 6.89. The summed E-state index contributed by atoms with van der Waals surface area (Å²) in [5, 5.41) is 3.52. The molecule has 0 saturated heterocycles. The molecule has 1 aliphatic carbocycles. The molecule has 0 aromatic carbocycles. The van der Waals surface area contributed by atoms with E-state index in [0.717, 1.165) is 18.9 Å². The van der Waals surface area contributed by atoms with Crippen LogP contribution >= 0.6 is 0 Å². The van der Waals surface area contributed by atoms with Crippen molar-refractivity contribution in [3.8, 4) is 0 Å². The normalized spacial score (nSPS) is 21.6. The molecule has 0 aliphatic heterocycles. The van der Waals surface area contributed by atoms with Crippen molar-refractivity contribution < 1.29 is 4.79 Å². The van der Waals surface area contributed by atoms with Crippen LogP contribution in [0, 0.1) is 11.8 Å². The zero-order valence-electron chi connectivity index (χ0n) is 10.7. The number of hydrogen-bond acceptors (Lipinski definition) is 2. The number of rotatable bonds is 6. The standard InChI is InChI=1S/C13H26N2O/c1-3-12(11-7-5-4-6-8-11)15-9-10(2)13(14)16/h10-12,15H,3-9H2,1-2H3,(H2,14,16). The van der Waals surface area contributed by atoms with Crippen LogP contribution in [0.1, 0.15) is 52.4 Å². The molecule has 1 aliphatic rings. The molecule has 0 aromatic rings. The van der Waals surface area contributed by atoms with Gasteiger partial charge in [-0.1, -0.05) is 33.1 Å². The minimum absolute atomic E-state index is 0.0577. The van der Waals surface area contributed by atoms with E-state index in [1.54, 1.807) is 0 Å². The molecule has 0 spiro atoms. The van der Waals surface area contributed by atoms with Gasteiger partial charge in [-0.25, -0.2) is 0 Å². The lowest BCUT2D eigenvalue weighted by Gasteiger charge is -2.31. The summed E-state index contributed by atoms with van der Waals surface area (Å²) < 4.78 is 0. The molecule has 3 heteroatoms. The van der Waals surface area contributed by atoms with Gasteiger partial charge in [-0.2, -0.15) is 0 Å². The molecule has 1 saturated carbocycles. The molecular formula is C13H26N2O. The fourth-order valence-electron chi connectivity index (χ4n) is 2.61. The lowest BCUT2D eigenvalue weighted by Crippen LogP contribution is -2.41. The van der Waals surface area contributed by atoms with Crippen LogP contribution in [0.3, 0.4) is 0 Å². The molecule has 0 aromatic heterocycles. The van der Waals surface area contributed by atoms with E-state index in [1.165, 1.54) is 32.1 Å². The third kappa shape index (κ3) is 4.12. The second-order valence-corrected chi connectivity index (χ2v) is 5.12. The maximum Gasteiger partial charge on any atom is 0.221 e. The summed E-state index contributed by atoms with van der Waals surface area (Å²) in [6.45, 7) is 4.84. The van der Waals surface area contributed by atoms with Gasteiger partial charge < -0.3 is 11.1 Å². The number of nitrogens with one attached hydrogen (secondary N) is 1. The van der Waals surface area contributed by atoms with Crippen LogP contribution in [0.2, 0.25) is 0 Å². The van der Waals surface area contributed by atoms with Crippen LogP contribution in [0.25, 0.3) is 0 Å². The van der Waals surface area contributed by atoms with Crippen LogP contribution in [0.15, 0.2) is 0 Å². The Morgan fingerprint density at radius 2 is 2.00 bits per heavy atom. The minimum Gasteiger partial charge on any atom is -0.369 e. The number of carbonyl (C=O) groups is 1. The van der Waals surface area contributed by atoms with Crippen molar-refractivity contribution in [3.63, 3.8) is 0 Å². The highest BCUT2D eigenvalue weighted by molar-refractivity contribution is 5.76. The molecule has 1 fully saturated rings. The smallest absolute Gasteiger partial charge is 0.221 e. The zero-order chi connectivity index (χ0) is 12.0. The highest BCUT2D eigenvalue weighted by Gasteiger charge is 2.22. The van der Waals surface area contributed by atoms with Crippen molar-refractivity contribution >= 4 is 5.91 Å². The topological polar surface area (TPSA) is 55.1 Å². The van der Waals surface area contributed by atoms with Crippen LogP contribution in [0.4, 0.5) is 0 Å². The summed E-state index contributed by atoms with van der Waals surface area (Å²) in [4.78, 5) is 11.0. The largest absolute Gasteiger partial charge is 0.369 e. The van der Waals surface area contributed by atoms with Gasteiger partial charge in [-0.3, -0.25) is 4.79 Å². The van der Waals surface area contributed by atoms with Crippen LogP contribution < -0.4 is 11.1 Å². The zero-order valence-corrected chi connectivity index (χ0v) is 10.7. The molecule has 0 bridgehead atoms. The molecule has 1 rings (SSSR count). The second-order valence-electron chi connectivity index (χ2n) is 5.12. The highest BCUT2D eigenvalue weighted by atomic mass is 16.1. The highest BCUT2D eigenvalue weighted by Crippen LogP contribution is 2.27. The first-order chi connectivity index (χ1) is 7.65. The maximum absolute atomic E-state index is 11.0. The van der Waals surface area contributed by atoms with E-state index in [4.69, 9.17) is 5.73 Å². The van der Waals surface area contributed by atoms with Crippen LogP contribution in [-0.2, 0) is 4.79 Å². The van der Waals surface area contributed by atoms with Crippen molar-refractivity contribution in [3.05, 3.63) is 0 Å². The Morgan fingerprint density at radius 1 is 1.38 bits per heavy atom. The third-order valence-electron chi connectivity index (χ3n) is 3.83. The van der Waals surface area contributed by atoms with Gasteiger partial charge in [0.2, 0.25) is 5.91 Å². The van der Waals surface area contributed by atoms with Crippen LogP contribution in [-0.4, -0.2) is 18.5 Å². The number of hydrogen-bond donors (Lipinski definition) is 2. The Hall–Kier alpha value is -0.570. The van der Waals surface area contributed by atoms with Gasteiger partial charge in [0.05, 0.1) is 0 Å². The van der Waals surface area contributed by atoms with Gasteiger partial charge >= 0.3 is 0 Å². The summed E-state index contributed by atoms with van der Waals surface area (Å²) in [6.07, 6.45) is 7.97. The van der Waals surface area contributed by atoms with Gasteiger partial charge in [-0.05, 0) is 25.2 Å². The van der Waals surface area contributed by atoms with E-state index in [2.05, 4.69) is 12.2 Å². The number of nitrogens with two attached hydrogens (primary N) is 1. The third-order valence-corrected chi connectivity index (χ3v) is 3.83. The molecule has 2 atom stereocenters. The quantitative estimate of drug-likeness (QED) is 0.728. The number of carbonyl (C=O) groups excluding carboxylic acids is 1. The molecular weight excluding hydrogens is 200 g/mol. The molecule has 1 amide bonds. The maximum atomic E-state index is 11.0. The van der Waals surface area contributed by atoms with E-state index in [-0.39, 0.29) is 11.8 Å². The predicted octanol–water partition coefficient (Wildman–Crippen LogP) is 2.06. The summed E-state index contributed by atoms with van der Waals surface area (Å²) in [6, 6.07) is 0.571. The fourth-order valence-corrected chi connectivity index (χ4v) is 2.61. The Bertz CT molecular complexity index is 212. The van der Waals surface area contributed by atoms with E-state index in [0.29, 0.717) is 6.04 Å². The summed E-state index contributed by atoms with van der Waals surface area (Å²) in [7, 11) is 0. The number of primary amides is 1. The van der Waals surface area contributed by atoms with Crippen molar-refractivity contribution in [2.75, 3.05) is 6.54 Å². The first-order valence-electron chi connectivity index (χ1n) is 6.67. The molecule has 0 radical (unpaired) electrons. The predicted molar refractivity (Wildman–Crippen MR) is 67.0 cm³/mol. The lowest BCUT2D eigenvalue weighted by molar-refractivity contribution is -0.121. The van der Waals surface area contributed by atoms with Gasteiger partial charge in [0, 0.05) is 18.5 Å². The minimum atomic E-state index is -0.203. The molecule has 16 heavy (non-hydrogen) atoms. The van der Waals surface area contributed by atoms with Gasteiger partial charge in [0.1, 0.15) is 0 Å².